The van der Waals surface area contributed by atoms with Crippen LogP contribution in [0.3, 0.4) is 0 Å². The lowest BCUT2D eigenvalue weighted by Gasteiger charge is -2.12. The second kappa shape index (κ2) is 10.6. The van der Waals surface area contributed by atoms with Gasteiger partial charge in [0.25, 0.3) is 5.91 Å². The van der Waals surface area contributed by atoms with Crippen LogP contribution in [-0.2, 0) is 6.42 Å². The SMILES string of the molecule is CCCCc1ccc(-n2nc3cc(Cl)c(NC(=S)NC(=O)c4ccccc4OC)cc3n2)cc1. The number of methoxy groups -OCH3 is 1. The molecule has 0 atom stereocenters. The van der Waals surface area contributed by atoms with Crippen molar-refractivity contribution in [3.63, 3.8) is 0 Å². The molecule has 1 heterocycles. The maximum Gasteiger partial charge on any atom is 0.261 e. The highest BCUT2D eigenvalue weighted by Crippen LogP contribution is 2.27. The lowest BCUT2D eigenvalue weighted by molar-refractivity contribution is 0.0975. The smallest absolute Gasteiger partial charge is 0.261 e. The van der Waals surface area contributed by atoms with Crippen LogP contribution in [0.5, 0.6) is 5.75 Å². The Balaban J connectivity index is 1.49. The second-order valence-corrected chi connectivity index (χ2v) is 8.50. The Hall–Kier alpha value is -3.49. The Morgan fingerprint density at radius 3 is 2.50 bits per heavy atom. The number of carbonyl (C=O) groups excluding carboxylic acids is 1. The number of aryl methyl sites for hydroxylation is 1. The standard InChI is InChI=1S/C25H24ClN5O2S/c1-3-4-7-16-10-12-17(13-11-16)31-29-21-14-19(26)20(15-22(21)30-31)27-25(34)28-24(32)18-8-5-6-9-23(18)33-2/h5-6,8-15H,3-4,7H2,1-2H3,(H2,27,28,32,34). The minimum absolute atomic E-state index is 0.104. The molecule has 0 bridgehead atoms. The number of nitrogens with one attached hydrogen (secondary N) is 2. The summed E-state index contributed by atoms with van der Waals surface area (Å²) in [7, 11) is 1.51. The molecule has 34 heavy (non-hydrogen) atoms. The van der Waals surface area contributed by atoms with E-state index in [0.29, 0.717) is 33.1 Å². The maximum absolute atomic E-state index is 12.6. The third-order valence-electron chi connectivity index (χ3n) is 5.28. The Bertz CT molecular complexity index is 1340. The zero-order valence-electron chi connectivity index (χ0n) is 18.8. The van der Waals surface area contributed by atoms with Gasteiger partial charge < -0.3 is 10.1 Å². The molecule has 0 aliphatic carbocycles. The van der Waals surface area contributed by atoms with Crippen LogP contribution in [0.1, 0.15) is 35.7 Å². The van der Waals surface area contributed by atoms with Gasteiger partial charge in [0.15, 0.2) is 5.11 Å². The summed E-state index contributed by atoms with van der Waals surface area (Å²) < 4.78 is 5.23. The van der Waals surface area contributed by atoms with Crippen LogP contribution in [0.4, 0.5) is 5.69 Å². The quantitative estimate of drug-likeness (QED) is 0.328. The van der Waals surface area contributed by atoms with Gasteiger partial charge in [-0.1, -0.05) is 49.2 Å². The first-order chi connectivity index (χ1) is 16.5. The summed E-state index contributed by atoms with van der Waals surface area (Å²) in [6, 6.07) is 18.6. The Morgan fingerprint density at radius 2 is 1.79 bits per heavy atom. The molecule has 0 unspecified atom stereocenters. The lowest BCUT2D eigenvalue weighted by Crippen LogP contribution is -2.34. The average Bonchev–Trinajstić information content (AvgIpc) is 3.25. The number of nitrogens with zero attached hydrogens (tertiary/aromatic N) is 3. The Kier molecular flexibility index (Phi) is 7.40. The topological polar surface area (TPSA) is 81.1 Å². The van der Waals surface area contributed by atoms with Crippen LogP contribution in [-0.4, -0.2) is 33.1 Å². The van der Waals surface area contributed by atoms with E-state index in [-0.39, 0.29) is 11.0 Å². The van der Waals surface area contributed by atoms with Gasteiger partial charge in [0.1, 0.15) is 16.8 Å². The Labute approximate surface area is 208 Å². The van der Waals surface area contributed by atoms with Gasteiger partial charge in [-0.2, -0.15) is 4.80 Å². The van der Waals surface area contributed by atoms with E-state index >= 15 is 0 Å². The molecule has 9 heteroatoms. The number of benzene rings is 3. The normalized spacial score (nSPS) is 10.8. The van der Waals surface area contributed by atoms with Crippen molar-refractivity contribution in [3.05, 3.63) is 76.8 Å². The third-order valence-corrected chi connectivity index (χ3v) is 5.80. The molecule has 0 saturated heterocycles. The first-order valence-corrected chi connectivity index (χ1v) is 11.7. The first-order valence-electron chi connectivity index (χ1n) is 10.9. The number of amides is 1. The van der Waals surface area contributed by atoms with Gasteiger partial charge in [-0.3, -0.25) is 10.1 Å². The van der Waals surface area contributed by atoms with Gasteiger partial charge in [0.05, 0.1) is 29.1 Å². The monoisotopic (exact) mass is 493 g/mol. The number of para-hydroxylation sites is 1. The van der Waals surface area contributed by atoms with E-state index in [9.17, 15) is 4.79 Å². The predicted octanol–water partition coefficient (Wildman–Crippen LogP) is 5.55. The van der Waals surface area contributed by atoms with Crippen LogP contribution in [0.2, 0.25) is 5.02 Å². The summed E-state index contributed by atoms with van der Waals surface area (Å²) in [5, 5.41) is 15.2. The van der Waals surface area contributed by atoms with Crippen LogP contribution < -0.4 is 15.4 Å². The molecule has 4 aromatic rings. The van der Waals surface area contributed by atoms with Gasteiger partial charge >= 0.3 is 0 Å². The fourth-order valence-electron chi connectivity index (χ4n) is 3.48. The number of thiocarbonyl (C=S) groups is 1. The molecule has 2 N–H and O–H groups in total. The number of unbranched alkanes of at least 4 members (excludes halogenated alkanes) is 1. The fourth-order valence-corrected chi connectivity index (χ4v) is 3.89. The molecular weight excluding hydrogens is 470 g/mol. The van der Waals surface area contributed by atoms with Crippen LogP contribution in [0.15, 0.2) is 60.7 Å². The second-order valence-electron chi connectivity index (χ2n) is 7.69. The molecular formula is C25H24ClN5O2S. The third kappa shape index (κ3) is 5.35. The average molecular weight is 494 g/mol. The molecule has 0 spiro atoms. The Morgan fingerprint density at radius 1 is 1.09 bits per heavy atom. The van der Waals surface area contributed by atoms with Crippen molar-refractivity contribution < 1.29 is 9.53 Å². The van der Waals surface area contributed by atoms with Crippen molar-refractivity contribution >= 4 is 51.6 Å². The first kappa shape index (κ1) is 23.7. The summed E-state index contributed by atoms with van der Waals surface area (Å²) >= 11 is 11.8. The van der Waals surface area contributed by atoms with Gasteiger partial charge in [-0.25, -0.2) is 0 Å². The number of rotatable bonds is 7. The zero-order valence-corrected chi connectivity index (χ0v) is 20.4. The maximum atomic E-state index is 12.6. The number of anilines is 1. The summed E-state index contributed by atoms with van der Waals surface area (Å²) in [6.07, 6.45) is 3.39. The van der Waals surface area contributed by atoms with Gasteiger partial charge in [0.2, 0.25) is 0 Å². The molecule has 0 aliphatic heterocycles. The van der Waals surface area contributed by atoms with E-state index in [1.165, 1.54) is 25.5 Å². The van der Waals surface area contributed by atoms with E-state index < -0.39 is 0 Å². The number of carbonyl (C=O) groups is 1. The molecule has 1 aromatic heterocycles. The van der Waals surface area contributed by atoms with Crippen LogP contribution in [0, 0.1) is 0 Å². The minimum atomic E-state index is -0.388. The van der Waals surface area contributed by atoms with Gasteiger partial charge in [0, 0.05) is 0 Å². The van der Waals surface area contributed by atoms with E-state index in [1.54, 1.807) is 41.2 Å². The van der Waals surface area contributed by atoms with Crippen LogP contribution in [0.25, 0.3) is 16.7 Å². The van der Waals surface area contributed by atoms with E-state index in [0.717, 1.165) is 12.1 Å². The van der Waals surface area contributed by atoms with Crippen molar-refractivity contribution in [2.75, 3.05) is 12.4 Å². The molecule has 1 amide bonds. The van der Waals surface area contributed by atoms with Crippen molar-refractivity contribution in [2.45, 2.75) is 26.2 Å². The molecule has 0 fully saturated rings. The molecule has 7 nitrogen and oxygen atoms in total. The molecule has 174 valence electrons. The van der Waals surface area contributed by atoms with Crippen molar-refractivity contribution in [1.29, 1.82) is 0 Å². The number of ether oxygens (including phenoxy) is 1. The van der Waals surface area contributed by atoms with Crippen molar-refractivity contribution in [2.24, 2.45) is 0 Å². The van der Waals surface area contributed by atoms with Crippen LogP contribution >= 0.6 is 23.8 Å². The largest absolute Gasteiger partial charge is 0.496 e. The highest BCUT2D eigenvalue weighted by molar-refractivity contribution is 7.80. The lowest BCUT2D eigenvalue weighted by atomic mass is 10.1. The van der Waals surface area contributed by atoms with Crippen molar-refractivity contribution in [3.8, 4) is 11.4 Å². The number of hydrogen-bond acceptors (Lipinski definition) is 5. The number of aromatic nitrogens is 3. The summed E-state index contributed by atoms with van der Waals surface area (Å²) in [5.74, 6) is 0.0674. The van der Waals surface area contributed by atoms with Gasteiger partial charge in [-0.15, -0.1) is 10.2 Å². The molecule has 3 aromatic carbocycles. The summed E-state index contributed by atoms with van der Waals surface area (Å²) in [6.45, 7) is 2.18. The number of halogens is 1. The predicted molar refractivity (Wildman–Crippen MR) is 139 cm³/mol. The zero-order chi connectivity index (χ0) is 24.1. The van der Waals surface area contributed by atoms with Gasteiger partial charge in [-0.05, 0) is 67.0 Å². The van der Waals surface area contributed by atoms with E-state index in [1.807, 2.05) is 12.1 Å². The number of fused-ring (bicyclic) bond motifs is 1. The van der Waals surface area contributed by atoms with E-state index in [4.69, 9.17) is 28.6 Å². The fraction of sp³-hybridized carbons (Fsp3) is 0.200. The summed E-state index contributed by atoms with van der Waals surface area (Å²) in [5.41, 5.74) is 4.33. The van der Waals surface area contributed by atoms with Crippen molar-refractivity contribution in [1.82, 2.24) is 20.3 Å². The molecule has 0 aliphatic rings. The summed E-state index contributed by atoms with van der Waals surface area (Å²) in [4.78, 5) is 14.2. The molecule has 0 radical (unpaired) electrons. The van der Waals surface area contributed by atoms with E-state index in [2.05, 4.69) is 39.9 Å². The molecule has 0 saturated carbocycles. The minimum Gasteiger partial charge on any atom is -0.496 e. The highest BCUT2D eigenvalue weighted by Gasteiger charge is 2.15. The number of hydrogen-bond donors (Lipinski definition) is 2. The highest BCUT2D eigenvalue weighted by atomic mass is 35.5. The molecule has 4 rings (SSSR count).